The number of carbonyl (C=O) groups excluding carboxylic acids is 2. The van der Waals surface area contributed by atoms with Gasteiger partial charge in [0.15, 0.2) is 5.13 Å². The van der Waals surface area contributed by atoms with Crippen LogP contribution in [-0.4, -0.2) is 112 Å². The Balaban J connectivity index is 0.976. The maximum absolute atomic E-state index is 12.9. The highest BCUT2D eigenvalue weighted by atomic mass is 35.5. The van der Waals surface area contributed by atoms with Crippen molar-refractivity contribution in [3.05, 3.63) is 51.7 Å². The zero-order chi connectivity index (χ0) is 31.9. The van der Waals surface area contributed by atoms with E-state index in [9.17, 15) is 9.59 Å². The summed E-state index contributed by atoms with van der Waals surface area (Å²) in [4.78, 5) is 48.4. The van der Waals surface area contributed by atoms with Crippen LogP contribution in [0.25, 0.3) is 0 Å². The number of carbonyl (C=O) groups is 2. The van der Waals surface area contributed by atoms with Crippen LogP contribution in [0.15, 0.2) is 30.5 Å². The van der Waals surface area contributed by atoms with Crippen molar-refractivity contribution in [2.75, 3.05) is 67.9 Å². The van der Waals surface area contributed by atoms with Gasteiger partial charge in [0.05, 0.1) is 16.9 Å². The Bertz CT molecular complexity index is 1540. The standard InChI is InChI=1S/C31H40ClN9O3S/c1-19-7-6-8-23(32)27(19)37-28(42)24-14-33-29(45-24)36-25-13-26(35-20(2)34-25)39-11-9-38(10-12-39)21-15-40(16-21)22-17-41(18-22)30(43)44-31(3,4)5/h6-8,13-14,21-22H,9-12,15-18H2,1-5H3,(H,37,42)(H,33,34,35,36). The third kappa shape index (κ3) is 7.32. The molecule has 12 nitrogen and oxygen atoms in total. The first kappa shape index (κ1) is 31.5. The molecule has 1 aromatic carbocycles. The lowest BCUT2D eigenvalue weighted by atomic mass is 9.98. The number of nitrogens with zero attached hydrogens (tertiary/aromatic N) is 7. The summed E-state index contributed by atoms with van der Waals surface area (Å²) in [6.07, 6.45) is 1.33. The molecular formula is C31H40ClN9O3S. The summed E-state index contributed by atoms with van der Waals surface area (Å²) >= 11 is 7.53. The summed E-state index contributed by atoms with van der Waals surface area (Å²) < 4.78 is 5.48. The van der Waals surface area contributed by atoms with E-state index in [-0.39, 0.29) is 12.0 Å². The second-order valence-corrected chi connectivity index (χ2v) is 14.3. The first-order chi connectivity index (χ1) is 21.4. The number of halogens is 1. The Morgan fingerprint density at radius 2 is 1.71 bits per heavy atom. The molecule has 0 spiro atoms. The predicted molar refractivity (Wildman–Crippen MR) is 177 cm³/mol. The number of piperazine rings is 1. The van der Waals surface area contributed by atoms with E-state index in [1.807, 2.05) is 52.8 Å². The zero-order valence-electron chi connectivity index (χ0n) is 26.3. The van der Waals surface area contributed by atoms with E-state index >= 15 is 0 Å². The summed E-state index contributed by atoms with van der Waals surface area (Å²) in [5.74, 6) is 1.91. The van der Waals surface area contributed by atoms with Crippen molar-refractivity contribution in [2.24, 2.45) is 0 Å². The van der Waals surface area contributed by atoms with Crippen LogP contribution in [0.3, 0.4) is 0 Å². The minimum Gasteiger partial charge on any atom is -0.444 e. The van der Waals surface area contributed by atoms with E-state index in [1.54, 1.807) is 17.2 Å². The van der Waals surface area contributed by atoms with Gasteiger partial charge in [-0.2, -0.15) is 0 Å². The molecular weight excluding hydrogens is 614 g/mol. The number of anilines is 4. The Morgan fingerprint density at radius 1 is 1.00 bits per heavy atom. The molecule has 3 aliphatic rings. The van der Waals surface area contributed by atoms with Crippen molar-refractivity contribution in [1.82, 2.24) is 29.7 Å². The molecule has 0 unspecified atom stereocenters. The Labute approximate surface area is 272 Å². The van der Waals surface area contributed by atoms with Gasteiger partial charge in [-0.05, 0) is 46.2 Å². The number of hydrogen-bond donors (Lipinski definition) is 2. The van der Waals surface area contributed by atoms with Crippen molar-refractivity contribution in [2.45, 2.75) is 52.3 Å². The number of amides is 2. The molecule has 2 amide bonds. The van der Waals surface area contributed by atoms with Gasteiger partial charge in [-0.1, -0.05) is 35.1 Å². The van der Waals surface area contributed by atoms with Gasteiger partial charge in [0, 0.05) is 70.5 Å². The van der Waals surface area contributed by atoms with Gasteiger partial charge >= 0.3 is 6.09 Å². The number of thiazole rings is 1. The number of hydrogen-bond acceptors (Lipinski definition) is 11. The van der Waals surface area contributed by atoms with Crippen LogP contribution < -0.4 is 15.5 Å². The molecule has 0 atom stereocenters. The molecule has 3 fully saturated rings. The van der Waals surface area contributed by atoms with Gasteiger partial charge in [0.2, 0.25) is 0 Å². The monoisotopic (exact) mass is 653 g/mol. The van der Waals surface area contributed by atoms with Crippen molar-refractivity contribution in [1.29, 1.82) is 0 Å². The molecule has 6 rings (SSSR count). The molecule has 0 saturated carbocycles. The lowest BCUT2D eigenvalue weighted by Gasteiger charge is -2.54. The van der Waals surface area contributed by atoms with E-state index < -0.39 is 5.60 Å². The maximum atomic E-state index is 12.9. The molecule has 240 valence electrons. The topological polar surface area (TPSA) is 119 Å². The fourth-order valence-electron chi connectivity index (χ4n) is 5.78. The lowest BCUT2D eigenvalue weighted by Crippen LogP contribution is -2.71. The summed E-state index contributed by atoms with van der Waals surface area (Å²) in [6, 6.07) is 8.41. The third-order valence-corrected chi connectivity index (χ3v) is 9.55. The van der Waals surface area contributed by atoms with E-state index in [2.05, 4.69) is 35.3 Å². The zero-order valence-corrected chi connectivity index (χ0v) is 27.9. The highest BCUT2D eigenvalue weighted by Crippen LogP contribution is 2.30. The number of benzene rings is 1. The van der Waals surface area contributed by atoms with E-state index in [0.29, 0.717) is 44.4 Å². The van der Waals surface area contributed by atoms with Crippen LogP contribution in [-0.2, 0) is 4.74 Å². The summed E-state index contributed by atoms with van der Waals surface area (Å²) in [5, 5.41) is 7.21. The molecule has 2 N–H and O–H groups in total. The van der Waals surface area contributed by atoms with Crippen LogP contribution >= 0.6 is 22.9 Å². The molecule has 3 aromatic rings. The second kappa shape index (κ2) is 12.7. The van der Waals surface area contributed by atoms with Crippen LogP contribution in [0.1, 0.15) is 41.8 Å². The first-order valence-corrected chi connectivity index (χ1v) is 16.5. The van der Waals surface area contributed by atoms with Crippen LogP contribution in [0.5, 0.6) is 0 Å². The molecule has 45 heavy (non-hydrogen) atoms. The average Bonchev–Trinajstić information content (AvgIpc) is 3.38. The van der Waals surface area contributed by atoms with Gasteiger partial charge in [0.1, 0.15) is 27.9 Å². The smallest absolute Gasteiger partial charge is 0.410 e. The van der Waals surface area contributed by atoms with Gasteiger partial charge in [-0.25, -0.2) is 19.7 Å². The van der Waals surface area contributed by atoms with Crippen LogP contribution in [0.4, 0.5) is 27.2 Å². The third-order valence-electron chi connectivity index (χ3n) is 8.32. The van der Waals surface area contributed by atoms with Crippen molar-refractivity contribution in [3.8, 4) is 0 Å². The summed E-state index contributed by atoms with van der Waals surface area (Å²) in [6.45, 7) is 16.7. The SMILES string of the molecule is Cc1nc(Nc2ncc(C(=O)Nc3c(C)cccc3Cl)s2)cc(N2CCN(C3CN(C4CN(C(=O)OC(C)(C)C)C4)C3)CC2)n1. The number of likely N-dealkylation sites (tertiary alicyclic amines) is 2. The number of aryl methyl sites for hydroxylation is 2. The fourth-order valence-corrected chi connectivity index (χ4v) is 6.77. The lowest BCUT2D eigenvalue weighted by molar-refractivity contribution is -0.0584. The number of rotatable bonds is 7. The van der Waals surface area contributed by atoms with Crippen LogP contribution in [0.2, 0.25) is 5.02 Å². The minimum absolute atomic E-state index is 0.214. The molecule has 0 aliphatic carbocycles. The van der Waals surface area contributed by atoms with E-state index in [1.165, 1.54) is 11.3 Å². The highest BCUT2D eigenvalue weighted by Gasteiger charge is 2.43. The average molecular weight is 654 g/mol. The minimum atomic E-state index is -0.461. The quantitative estimate of drug-likeness (QED) is 0.374. The number of para-hydroxylation sites is 1. The molecule has 0 bridgehead atoms. The normalized spacial score (nSPS) is 18.4. The number of nitrogens with one attached hydrogen (secondary N) is 2. The fraction of sp³-hybridized carbons (Fsp3) is 0.516. The largest absolute Gasteiger partial charge is 0.444 e. The Hall–Kier alpha value is -3.52. The molecule has 3 saturated heterocycles. The number of aromatic nitrogens is 3. The van der Waals surface area contributed by atoms with Crippen LogP contribution in [0, 0.1) is 13.8 Å². The Kier molecular flexibility index (Phi) is 8.88. The van der Waals surface area contributed by atoms with E-state index in [4.69, 9.17) is 21.3 Å². The van der Waals surface area contributed by atoms with Gasteiger partial charge in [-0.15, -0.1) is 0 Å². The van der Waals surface area contributed by atoms with E-state index in [0.717, 1.165) is 63.7 Å². The van der Waals surface area contributed by atoms with Gasteiger partial charge in [-0.3, -0.25) is 14.6 Å². The highest BCUT2D eigenvalue weighted by molar-refractivity contribution is 7.17. The second-order valence-electron chi connectivity index (χ2n) is 12.9. The van der Waals surface area contributed by atoms with Gasteiger partial charge < -0.3 is 25.2 Å². The number of ether oxygens (including phenoxy) is 1. The molecule has 5 heterocycles. The van der Waals surface area contributed by atoms with Gasteiger partial charge in [0.25, 0.3) is 5.91 Å². The van der Waals surface area contributed by atoms with Crippen molar-refractivity contribution >= 4 is 57.4 Å². The maximum Gasteiger partial charge on any atom is 0.410 e. The molecule has 0 radical (unpaired) electrons. The predicted octanol–water partition coefficient (Wildman–Crippen LogP) is 4.62. The first-order valence-electron chi connectivity index (χ1n) is 15.3. The Morgan fingerprint density at radius 3 is 2.40 bits per heavy atom. The molecule has 14 heteroatoms. The van der Waals surface area contributed by atoms with Crippen molar-refractivity contribution < 1.29 is 14.3 Å². The molecule has 2 aromatic heterocycles. The van der Waals surface area contributed by atoms with Crippen molar-refractivity contribution in [3.63, 3.8) is 0 Å². The summed E-state index contributed by atoms with van der Waals surface area (Å²) in [5.41, 5.74) is 1.03. The summed E-state index contributed by atoms with van der Waals surface area (Å²) in [7, 11) is 0. The molecule has 3 aliphatic heterocycles.